The average Bonchev–Trinajstić information content (AvgIpc) is 2.68. The van der Waals surface area contributed by atoms with Gasteiger partial charge in [0.1, 0.15) is 0 Å². The second-order valence-electron chi connectivity index (χ2n) is 3.49. The lowest BCUT2D eigenvalue weighted by atomic mass is 10.2. The van der Waals surface area contributed by atoms with Crippen molar-refractivity contribution in [2.75, 3.05) is 5.32 Å². The second-order valence-corrected chi connectivity index (χ2v) is 7.14. The Morgan fingerprint density at radius 1 is 1.25 bits per heavy atom. The number of thiophene rings is 1. The smallest absolute Gasteiger partial charge is 0.0702 e. The summed E-state index contributed by atoms with van der Waals surface area (Å²) in [5, 5.41) is 3.52. The van der Waals surface area contributed by atoms with Crippen molar-refractivity contribution < 1.29 is 0 Å². The third-order valence-corrected chi connectivity index (χ3v) is 5.01. The van der Waals surface area contributed by atoms with Crippen molar-refractivity contribution in [2.45, 2.75) is 13.0 Å². The van der Waals surface area contributed by atoms with E-state index in [1.807, 2.05) is 0 Å². The minimum atomic E-state index is 0.340. The van der Waals surface area contributed by atoms with Crippen molar-refractivity contribution >= 4 is 55.5 Å². The second kappa shape index (κ2) is 5.51. The Bertz CT molecular complexity index is 483. The maximum absolute atomic E-state index is 3.52. The lowest BCUT2D eigenvalue weighted by Gasteiger charge is -2.14. The maximum Gasteiger partial charge on any atom is 0.0702 e. The highest BCUT2D eigenvalue weighted by Gasteiger charge is 2.08. The first-order valence-electron chi connectivity index (χ1n) is 4.93. The number of anilines is 1. The highest BCUT2D eigenvalue weighted by molar-refractivity contribution is 14.1. The monoisotopic (exact) mass is 407 g/mol. The van der Waals surface area contributed by atoms with Gasteiger partial charge in [0.05, 0.1) is 9.83 Å². The molecule has 0 spiro atoms. The number of hydrogen-bond acceptors (Lipinski definition) is 2. The Kier molecular flexibility index (Phi) is 4.27. The zero-order valence-electron chi connectivity index (χ0n) is 8.71. The predicted molar refractivity (Wildman–Crippen MR) is 83.2 cm³/mol. The molecule has 0 radical (unpaired) electrons. The standard InChI is InChI=1S/C12H11BrINS/c1-8(11-6-7-12(13)16-11)15-10-5-3-2-4-9(10)14/h2-8,15H,1H3. The summed E-state index contributed by atoms with van der Waals surface area (Å²) < 4.78 is 2.43. The molecule has 0 aliphatic heterocycles. The van der Waals surface area contributed by atoms with Gasteiger partial charge in [0.15, 0.2) is 0 Å². The summed E-state index contributed by atoms with van der Waals surface area (Å²) in [6.07, 6.45) is 0. The largest absolute Gasteiger partial charge is 0.377 e. The van der Waals surface area contributed by atoms with Gasteiger partial charge in [0.2, 0.25) is 0 Å². The molecule has 0 saturated carbocycles. The third kappa shape index (κ3) is 2.99. The molecule has 1 aromatic heterocycles. The van der Waals surface area contributed by atoms with Crippen LogP contribution >= 0.6 is 49.9 Å². The van der Waals surface area contributed by atoms with Crippen LogP contribution in [0.3, 0.4) is 0 Å². The van der Waals surface area contributed by atoms with Crippen LogP contribution in [0.1, 0.15) is 17.8 Å². The summed E-state index contributed by atoms with van der Waals surface area (Å²) in [6.45, 7) is 2.18. The van der Waals surface area contributed by atoms with Crippen LogP contribution in [0.2, 0.25) is 0 Å². The van der Waals surface area contributed by atoms with Crippen molar-refractivity contribution in [1.82, 2.24) is 0 Å². The highest BCUT2D eigenvalue weighted by atomic mass is 127. The molecule has 1 nitrogen and oxygen atoms in total. The summed E-state index contributed by atoms with van der Waals surface area (Å²) >= 11 is 7.61. The first-order chi connectivity index (χ1) is 7.66. The molecule has 1 unspecified atom stereocenters. The minimum absolute atomic E-state index is 0.340. The summed E-state index contributed by atoms with van der Waals surface area (Å²) in [5.41, 5.74) is 1.19. The van der Waals surface area contributed by atoms with Gasteiger partial charge in [0.25, 0.3) is 0 Å². The molecule has 84 valence electrons. The maximum atomic E-state index is 3.52. The van der Waals surface area contributed by atoms with Crippen LogP contribution in [0.5, 0.6) is 0 Å². The van der Waals surface area contributed by atoms with Crippen LogP contribution in [0, 0.1) is 3.57 Å². The Morgan fingerprint density at radius 3 is 2.62 bits per heavy atom. The molecule has 0 fully saturated rings. The van der Waals surface area contributed by atoms with Crippen molar-refractivity contribution in [3.63, 3.8) is 0 Å². The van der Waals surface area contributed by atoms with E-state index in [4.69, 9.17) is 0 Å². The van der Waals surface area contributed by atoms with E-state index in [2.05, 4.69) is 87.2 Å². The molecule has 1 heterocycles. The summed E-state index contributed by atoms with van der Waals surface area (Å²) in [4.78, 5) is 1.34. The van der Waals surface area contributed by atoms with Gasteiger partial charge in [0, 0.05) is 14.1 Å². The molecule has 2 aromatic rings. The van der Waals surface area contributed by atoms with Crippen LogP contribution in [0.15, 0.2) is 40.2 Å². The van der Waals surface area contributed by atoms with Gasteiger partial charge in [-0.25, -0.2) is 0 Å². The van der Waals surface area contributed by atoms with E-state index in [9.17, 15) is 0 Å². The molecule has 1 atom stereocenters. The zero-order valence-corrected chi connectivity index (χ0v) is 13.3. The van der Waals surface area contributed by atoms with E-state index in [1.54, 1.807) is 11.3 Å². The third-order valence-electron chi connectivity index (χ3n) is 2.27. The molecule has 1 aromatic carbocycles. The Labute approximate surface area is 122 Å². The topological polar surface area (TPSA) is 12.0 Å². The van der Waals surface area contributed by atoms with Crippen LogP contribution in [0.4, 0.5) is 5.69 Å². The van der Waals surface area contributed by atoms with E-state index in [-0.39, 0.29) is 0 Å². The molecule has 4 heteroatoms. The number of nitrogens with one attached hydrogen (secondary N) is 1. The summed E-state index contributed by atoms with van der Waals surface area (Å²) in [6, 6.07) is 12.9. The van der Waals surface area contributed by atoms with Gasteiger partial charge < -0.3 is 5.32 Å². The average molecular weight is 408 g/mol. The van der Waals surface area contributed by atoms with E-state index < -0.39 is 0 Å². The van der Waals surface area contributed by atoms with Gasteiger partial charge >= 0.3 is 0 Å². The number of rotatable bonds is 3. The zero-order chi connectivity index (χ0) is 11.5. The fraction of sp³-hybridized carbons (Fsp3) is 0.167. The fourth-order valence-corrected chi connectivity index (χ4v) is 3.41. The SMILES string of the molecule is CC(Nc1ccccc1I)c1ccc(Br)s1. The van der Waals surface area contributed by atoms with E-state index in [0.717, 1.165) is 0 Å². The molecule has 16 heavy (non-hydrogen) atoms. The van der Waals surface area contributed by atoms with Crippen LogP contribution in [-0.4, -0.2) is 0 Å². The van der Waals surface area contributed by atoms with E-state index in [1.165, 1.54) is 17.9 Å². The molecule has 0 saturated heterocycles. The lowest BCUT2D eigenvalue weighted by Crippen LogP contribution is -2.05. The predicted octanol–water partition coefficient (Wildman–Crippen LogP) is 5.29. The van der Waals surface area contributed by atoms with Crippen LogP contribution in [-0.2, 0) is 0 Å². The van der Waals surface area contributed by atoms with Gasteiger partial charge in [-0.2, -0.15) is 0 Å². The molecule has 0 aliphatic carbocycles. The van der Waals surface area contributed by atoms with Gasteiger partial charge in [-0.3, -0.25) is 0 Å². The van der Waals surface area contributed by atoms with E-state index >= 15 is 0 Å². The van der Waals surface area contributed by atoms with E-state index in [0.29, 0.717) is 6.04 Å². The Balaban J connectivity index is 2.13. The first-order valence-corrected chi connectivity index (χ1v) is 7.62. The highest BCUT2D eigenvalue weighted by Crippen LogP contribution is 2.30. The first kappa shape index (κ1) is 12.4. The molecule has 0 amide bonds. The minimum Gasteiger partial charge on any atom is -0.377 e. The Morgan fingerprint density at radius 2 is 2.00 bits per heavy atom. The van der Waals surface area contributed by atoms with Gasteiger partial charge in [-0.05, 0) is 69.7 Å². The quantitative estimate of drug-likeness (QED) is 0.681. The molecule has 0 aliphatic rings. The van der Waals surface area contributed by atoms with Crippen molar-refractivity contribution in [3.05, 3.63) is 48.6 Å². The lowest BCUT2D eigenvalue weighted by molar-refractivity contribution is 0.907. The fourth-order valence-electron chi connectivity index (χ4n) is 1.44. The summed E-state index contributed by atoms with van der Waals surface area (Å²) in [7, 11) is 0. The van der Waals surface area contributed by atoms with Crippen molar-refractivity contribution in [1.29, 1.82) is 0 Å². The number of halogens is 2. The Hall–Kier alpha value is -0.0700. The number of hydrogen-bond donors (Lipinski definition) is 1. The van der Waals surface area contributed by atoms with Crippen molar-refractivity contribution in [3.8, 4) is 0 Å². The molecule has 1 N–H and O–H groups in total. The van der Waals surface area contributed by atoms with Gasteiger partial charge in [-0.1, -0.05) is 12.1 Å². The van der Waals surface area contributed by atoms with Crippen LogP contribution < -0.4 is 5.32 Å². The van der Waals surface area contributed by atoms with Crippen molar-refractivity contribution in [2.24, 2.45) is 0 Å². The molecule has 0 bridgehead atoms. The normalized spacial score (nSPS) is 12.4. The van der Waals surface area contributed by atoms with Gasteiger partial charge in [-0.15, -0.1) is 11.3 Å². The molecular weight excluding hydrogens is 397 g/mol. The molecule has 2 rings (SSSR count). The summed E-state index contributed by atoms with van der Waals surface area (Å²) in [5.74, 6) is 0. The number of para-hydroxylation sites is 1. The van der Waals surface area contributed by atoms with Crippen LogP contribution in [0.25, 0.3) is 0 Å². The number of benzene rings is 1. The molecular formula is C12H11BrINS.